The van der Waals surface area contributed by atoms with Crippen molar-refractivity contribution in [2.24, 2.45) is 5.73 Å². The molecule has 0 aliphatic rings. The molecule has 0 fully saturated rings. The Kier molecular flexibility index (Phi) is 4.45. The van der Waals surface area contributed by atoms with Gasteiger partial charge in [-0.2, -0.15) is 0 Å². The lowest BCUT2D eigenvalue weighted by Crippen LogP contribution is -2.32. The third-order valence-electron chi connectivity index (χ3n) is 2.27. The Bertz CT molecular complexity index is 495. The molecule has 0 bridgehead atoms. The third-order valence-corrected chi connectivity index (χ3v) is 2.27. The number of phenolic OH excluding ortho intramolecular Hbond substituents is 1. The summed E-state index contributed by atoms with van der Waals surface area (Å²) in [5.41, 5.74) is 6.29. The van der Waals surface area contributed by atoms with Crippen molar-refractivity contribution in [3.8, 4) is 5.75 Å². The summed E-state index contributed by atoms with van der Waals surface area (Å²) in [6.07, 6.45) is 2.22. The number of aromatic hydroxyl groups is 1. The van der Waals surface area contributed by atoms with E-state index in [-0.39, 0.29) is 12.2 Å². The maximum Gasteiger partial charge on any atom is 0.328 e. The second kappa shape index (κ2) is 5.83. The molecule has 6 nitrogen and oxygen atoms in total. The SMILES string of the molecule is N[C@@H](Cc1ccc(O)c(/C=C/C(=O)O)c1)C(=O)O. The summed E-state index contributed by atoms with van der Waals surface area (Å²) in [6.45, 7) is 0. The Labute approximate surface area is 103 Å². The monoisotopic (exact) mass is 251 g/mol. The predicted molar refractivity (Wildman–Crippen MR) is 64.1 cm³/mol. The van der Waals surface area contributed by atoms with Gasteiger partial charge in [-0.15, -0.1) is 0 Å². The number of nitrogens with two attached hydrogens (primary N) is 1. The highest BCUT2D eigenvalue weighted by atomic mass is 16.4. The van der Waals surface area contributed by atoms with Crippen molar-refractivity contribution >= 4 is 18.0 Å². The van der Waals surface area contributed by atoms with Crippen LogP contribution in [0.3, 0.4) is 0 Å². The van der Waals surface area contributed by atoms with Crippen LogP contribution in [0.4, 0.5) is 0 Å². The molecule has 0 aliphatic carbocycles. The van der Waals surface area contributed by atoms with E-state index < -0.39 is 18.0 Å². The highest BCUT2D eigenvalue weighted by molar-refractivity contribution is 5.86. The van der Waals surface area contributed by atoms with Crippen molar-refractivity contribution in [2.45, 2.75) is 12.5 Å². The number of hydrogen-bond acceptors (Lipinski definition) is 4. The first-order valence-corrected chi connectivity index (χ1v) is 5.11. The summed E-state index contributed by atoms with van der Waals surface area (Å²) >= 11 is 0. The first kappa shape index (κ1) is 13.7. The van der Waals surface area contributed by atoms with Crippen LogP contribution < -0.4 is 5.73 Å². The van der Waals surface area contributed by atoms with Crippen LogP contribution in [-0.2, 0) is 16.0 Å². The van der Waals surface area contributed by atoms with Crippen molar-refractivity contribution in [3.05, 3.63) is 35.4 Å². The lowest BCUT2D eigenvalue weighted by atomic mass is 10.0. The van der Waals surface area contributed by atoms with Gasteiger partial charge in [0, 0.05) is 11.6 Å². The fourth-order valence-electron chi connectivity index (χ4n) is 1.37. The van der Waals surface area contributed by atoms with Gasteiger partial charge in [-0.05, 0) is 30.2 Å². The van der Waals surface area contributed by atoms with Gasteiger partial charge in [0.25, 0.3) is 0 Å². The Morgan fingerprint density at radius 1 is 1.33 bits per heavy atom. The lowest BCUT2D eigenvalue weighted by Gasteiger charge is -2.08. The van der Waals surface area contributed by atoms with Crippen molar-refractivity contribution in [1.82, 2.24) is 0 Å². The number of hydrogen-bond donors (Lipinski definition) is 4. The van der Waals surface area contributed by atoms with Crippen molar-refractivity contribution in [3.63, 3.8) is 0 Å². The highest BCUT2D eigenvalue weighted by Gasteiger charge is 2.12. The normalized spacial score (nSPS) is 12.5. The Balaban J connectivity index is 2.93. The van der Waals surface area contributed by atoms with E-state index in [4.69, 9.17) is 15.9 Å². The van der Waals surface area contributed by atoms with Crippen LogP contribution in [0.2, 0.25) is 0 Å². The highest BCUT2D eigenvalue weighted by Crippen LogP contribution is 2.20. The summed E-state index contributed by atoms with van der Waals surface area (Å²) in [5, 5.41) is 26.7. The van der Waals surface area contributed by atoms with Gasteiger partial charge >= 0.3 is 11.9 Å². The van der Waals surface area contributed by atoms with Crippen LogP contribution >= 0.6 is 0 Å². The average Bonchev–Trinajstić information content (AvgIpc) is 2.29. The van der Waals surface area contributed by atoms with E-state index in [1.807, 2.05) is 0 Å². The zero-order chi connectivity index (χ0) is 13.7. The molecule has 0 aliphatic heterocycles. The minimum atomic E-state index is -1.14. The Hall–Kier alpha value is -2.34. The number of phenols is 1. The van der Waals surface area contributed by atoms with Crippen molar-refractivity contribution < 1.29 is 24.9 Å². The molecule has 1 rings (SSSR count). The molecule has 0 unspecified atom stereocenters. The maximum absolute atomic E-state index is 10.6. The molecule has 0 saturated carbocycles. The molecular weight excluding hydrogens is 238 g/mol. The molecule has 0 saturated heterocycles. The van der Waals surface area contributed by atoms with E-state index in [1.165, 1.54) is 24.3 Å². The summed E-state index contributed by atoms with van der Waals surface area (Å²) in [7, 11) is 0. The summed E-state index contributed by atoms with van der Waals surface area (Å²) in [4.78, 5) is 21.0. The van der Waals surface area contributed by atoms with Crippen LogP contribution in [0.25, 0.3) is 6.08 Å². The fourth-order valence-corrected chi connectivity index (χ4v) is 1.37. The molecule has 0 aromatic heterocycles. The minimum absolute atomic E-state index is 0.0832. The largest absolute Gasteiger partial charge is 0.507 e. The maximum atomic E-state index is 10.6. The van der Waals surface area contributed by atoms with Gasteiger partial charge in [0.15, 0.2) is 0 Å². The quantitative estimate of drug-likeness (QED) is 0.563. The molecule has 0 heterocycles. The van der Waals surface area contributed by atoms with Crippen LogP contribution in [0.5, 0.6) is 5.75 Å². The van der Waals surface area contributed by atoms with Crippen LogP contribution in [0, 0.1) is 0 Å². The zero-order valence-electron chi connectivity index (χ0n) is 9.41. The molecule has 0 radical (unpaired) electrons. The fraction of sp³-hybridized carbons (Fsp3) is 0.167. The molecule has 6 heteroatoms. The molecule has 96 valence electrons. The summed E-state index contributed by atoms with van der Waals surface area (Å²) < 4.78 is 0. The van der Waals surface area contributed by atoms with Crippen LogP contribution in [-0.4, -0.2) is 33.3 Å². The van der Waals surface area contributed by atoms with Crippen LogP contribution in [0.1, 0.15) is 11.1 Å². The topological polar surface area (TPSA) is 121 Å². The third kappa shape index (κ3) is 3.91. The van der Waals surface area contributed by atoms with Gasteiger partial charge in [-0.3, -0.25) is 4.79 Å². The molecule has 5 N–H and O–H groups in total. The van der Waals surface area contributed by atoms with Crippen LogP contribution in [0.15, 0.2) is 24.3 Å². The Morgan fingerprint density at radius 2 is 2.00 bits per heavy atom. The molecule has 1 atom stereocenters. The van der Waals surface area contributed by atoms with E-state index in [2.05, 4.69) is 0 Å². The zero-order valence-corrected chi connectivity index (χ0v) is 9.41. The van der Waals surface area contributed by atoms with E-state index in [0.717, 1.165) is 6.08 Å². The van der Waals surface area contributed by atoms with E-state index >= 15 is 0 Å². The summed E-state index contributed by atoms with van der Waals surface area (Å²) in [6, 6.07) is 3.37. The van der Waals surface area contributed by atoms with Gasteiger partial charge < -0.3 is 21.1 Å². The molecule has 0 spiro atoms. The first-order chi connectivity index (χ1) is 8.40. The molecule has 0 amide bonds. The summed E-state index contributed by atoms with van der Waals surface area (Å²) in [5.74, 6) is -2.34. The van der Waals surface area contributed by atoms with Crippen molar-refractivity contribution in [1.29, 1.82) is 0 Å². The number of carboxylic acids is 2. The lowest BCUT2D eigenvalue weighted by molar-refractivity contribution is -0.138. The second-order valence-electron chi connectivity index (χ2n) is 3.71. The number of carbonyl (C=O) groups is 2. The van der Waals surface area contributed by atoms with E-state index in [0.29, 0.717) is 11.1 Å². The van der Waals surface area contributed by atoms with E-state index in [1.54, 1.807) is 0 Å². The average molecular weight is 251 g/mol. The van der Waals surface area contributed by atoms with Gasteiger partial charge in [0.05, 0.1) is 0 Å². The van der Waals surface area contributed by atoms with Gasteiger partial charge in [0.2, 0.25) is 0 Å². The standard InChI is InChI=1S/C12H13NO5/c13-9(12(17)18)6-7-1-3-10(14)8(5-7)2-4-11(15)16/h1-5,9,14H,6,13H2,(H,15,16)(H,17,18)/b4-2+/t9-/m0/s1. The predicted octanol–water partition coefficient (Wildman–Crippen LogP) is 0.444. The molecule has 1 aromatic rings. The van der Waals surface area contributed by atoms with Gasteiger partial charge in [-0.25, -0.2) is 4.79 Å². The molecular formula is C12H13NO5. The van der Waals surface area contributed by atoms with Gasteiger partial charge in [-0.1, -0.05) is 6.07 Å². The number of carboxylic acid groups (broad SMARTS) is 2. The van der Waals surface area contributed by atoms with E-state index in [9.17, 15) is 14.7 Å². The first-order valence-electron chi connectivity index (χ1n) is 5.11. The minimum Gasteiger partial charge on any atom is -0.507 e. The Morgan fingerprint density at radius 3 is 2.56 bits per heavy atom. The smallest absolute Gasteiger partial charge is 0.328 e. The molecule has 1 aromatic carbocycles. The number of benzene rings is 1. The second-order valence-corrected chi connectivity index (χ2v) is 3.71. The number of aliphatic carboxylic acids is 2. The van der Waals surface area contributed by atoms with Gasteiger partial charge in [0.1, 0.15) is 11.8 Å². The number of rotatable bonds is 5. The molecule has 18 heavy (non-hydrogen) atoms. The van der Waals surface area contributed by atoms with Crippen molar-refractivity contribution in [2.75, 3.05) is 0 Å².